The number of piperidine rings is 1. The molecule has 1 saturated carbocycles. The molecule has 2 nitrogen and oxygen atoms in total. The minimum Gasteiger partial charge on any atom is -0.508 e. The minimum absolute atomic E-state index is 0.309. The summed E-state index contributed by atoms with van der Waals surface area (Å²) in [5.41, 5.74) is 4.59. The molecule has 0 amide bonds. The Kier molecular flexibility index (Phi) is 2.42. The average Bonchev–Trinajstić information content (AvgIpc) is 2.36. The molecule has 1 unspecified atom stereocenters. The van der Waals surface area contributed by atoms with E-state index in [1.165, 1.54) is 23.1 Å². The van der Waals surface area contributed by atoms with Gasteiger partial charge in [0, 0.05) is 24.0 Å². The molecule has 20 heavy (non-hydrogen) atoms. The molecule has 0 bridgehead atoms. The normalized spacial score (nSPS) is 37.2. The maximum absolute atomic E-state index is 9.79. The lowest BCUT2D eigenvalue weighted by molar-refractivity contribution is -0.176. The molecule has 0 aromatic heterocycles. The van der Waals surface area contributed by atoms with Gasteiger partial charge in [0.15, 0.2) is 0 Å². The van der Waals surface area contributed by atoms with E-state index in [0.29, 0.717) is 17.2 Å². The first-order valence-electron chi connectivity index (χ1n) is 7.72. The van der Waals surface area contributed by atoms with Gasteiger partial charge in [-0.1, -0.05) is 24.6 Å². The van der Waals surface area contributed by atoms with Gasteiger partial charge in [-0.3, -0.25) is 4.90 Å². The first-order chi connectivity index (χ1) is 9.50. The Morgan fingerprint density at radius 2 is 2.20 bits per heavy atom. The first-order valence-corrected chi connectivity index (χ1v) is 7.72. The maximum atomic E-state index is 9.79. The number of phenols is 1. The number of phenolic OH excluding ortho intramolecular Hbond substituents is 1. The Morgan fingerprint density at radius 1 is 1.40 bits per heavy atom. The van der Waals surface area contributed by atoms with Crippen LogP contribution in [0.25, 0.3) is 0 Å². The van der Waals surface area contributed by atoms with Gasteiger partial charge in [-0.2, -0.15) is 0 Å². The number of hydrogen-bond donors (Lipinski definition) is 1. The molecular formula is C18H23NO. The monoisotopic (exact) mass is 269 g/mol. The number of hydrogen-bond acceptors (Lipinski definition) is 2. The van der Waals surface area contributed by atoms with Crippen molar-refractivity contribution in [3.8, 4) is 5.75 Å². The van der Waals surface area contributed by atoms with Crippen LogP contribution in [0.2, 0.25) is 0 Å². The fourth-order valence-electron chi connectivity index (χ4n) is 4.91. The van der Waals surface area contributed by atoms with Crippen molar-refractivity contribution in [3.63, 3.8) is 0 Å². The van der Waals surface area contributed by atoms with Gasteiger partial charge in [-0.15, -0.1) is 0 Å². The molecule has 1 aromatic carbocycles. The summed E-state index contributed by atoms with van der Waals surface area (Å²) in [7, 11) is 0. The number of likely N-dealkylation sites (tertiary alicyclic amines) is 1. The highest BCUT2D eigenvalue weighted by Gasteiger charge is 2.67. The topological polar surface area (TPSA) is 23.5 Å². The van der Waals surface area contributed by atoms with E-state index >= 15 is 0 Å². The Bertz CT molecular complexity index is 601. The predicted molar refractivity (Wildman–Crippen MR) is 81.0 cm³/mol. The quantitative estimate of drug-likeness (QED) is 0.833. The zero-order valence-corrected chi connectivity index (χ0v) is 12.6. The summed E-state index contributed by atoms with van der Waals surface area (Å²) in [5, 5.41) is 9.79. The molecular weight excluding hydrogens is 246 g/mol. The molecule has 1 heterocycles. The Morgan fingerprint density at radius 3 is 2.95 bits per heavy atom. The van der Waals surface area contributed by atoms with Crippen LogP contribution in [0.5, 0.6) is 5.75 Å². The van der Waals surface area contributed by atoms with E-state index in [2.05, 4.69) is 37.8 Å². The van der Waals surface area contributed by atoms with Crippen LogP contribution in [0.3, 0.4) is 0 Å². The number of benzene rings is 1. The summed E-state index contributed by atoms with van der Waals surface area (Å²) in [6, 6.07) is 7.48. The molecule has 2 aliphatic carbocycles. The molecule has 2 heteroatoms. The lowest BCUT2D eigenvalue weighted by Gasteiger charge is -2.73. The smallest absolute Gasteiger partial charge is 0.115 e. The Labute approximate surface area is 121 Å². The van der Waals surface area contributed by atoms with E-state index in [0.717, 1.165) is 24.9 Å². The van der Waals surface area contributed by atoms with Crippen molar-refractivity contribution in [3.05, 3.63) is 41.0 Å². The zero-order valence-electron chi connectivity index (χ0n) is 12.6. The second kappa shape index (κ2) is 3.88. The van der Waals surface area contributed by atoms with E-state index in [9.17, 15) is 5.11 Å². The highest BCUT2D eigenvalue weighted by atomic mass is 16.3. The minimum atomic E-state index is 0.309. The van der Waals surface area contributed by atoms with Gasteiger partial charge in [0.05, 0.1) is 0 Å². The Hall–Kier alpha value is -1.28. The van der Waals surface area contributed by atoms with Crippen molar-refractivity contribution >= 4 is 0 Å². The summed E-state index contributed by atoms with van der Waals surface area (Å²) < 4.78 is 0. The van der Waals surface area contributed by atoms with Crippen LogP contribution in [0.15, 0.2) is 29.8 Å². The fourth-order valence-corrected chi connectivity index (χ4v) is 4.91. The van der Waals surface area contributed by atoms with E-state index in [1.807, 2.05) is 12.1 Å². The molecule has 0 radical (unpaired) electrons. The van der Waals surface area contributed by atoms with Gasteiger partial charge in [0.2, 0.25) is 0 Å². The second-order valence-electron chi connectivity index (χ2n) is 7.31. The molecule has 0 spiro atoms. The summed E-state index contributed by atoms with van der Waals surface area (Å²) in [5.74, 6) is 1.23. The van der Waals surface area contributed by atoms with Crippen LogP contribution in [0, 0.1) is 5.92 Å². The SMILES string of the molecule is CC(C)=CCN1C2C[C@@]3(C)c4cc(O)ccc4C[C@@H]1[C@H]23. The van der Waals surface area contributed by atoms with Crippen LogP contribution >= 0.6 is 0 Å². The van der Waals surface area contributed by atoms with Crippen LogP contribution < -0.4 is 0 Å². The summed E-state index contributed by atoms with van der Waals surface area (Å²) >= 11 is 0. The molecule has 2 fully saturated rings. The third-order valence-electron chi connectivity index (χ3n) is 5.90. The lowest BCUT2D eigenvalue weighted by atomic mass is 9.43. The van der Waals surface area contributed by atoms with Crippen LogP contribution in [-0.2, 0) is 11.8 Å². The number of allylic oxidation sites excluding steroid dienone is 1. The highest BCUT2D eigenvalue weighted by molar-refractivity contribution is 5.48. The fraction of sp³-hybridized carbons (Fsp3) is 0.556. The molecule has 1 N–H and O–H groups in total. The van der Waals surface area contributed by atoms with Crippen molar-refractivity contribution in [1.29, 1.82) is 0 Å². The van der Waals surface area contributed by atoms with Gasteiger partial charge in [0.1, 0.15) is 5.75 Å². The Balaban J connectivity index is 1.66. The average molecular weight is 269 g/mol. The predicted octanol–water partition coefficient (Wildman–Crippen LogP) is 3.24. The third-order valence-corrected chi connectivity index (χ3v) is 5.90. The molecule has 1 saturated heterocycles. The highest BCUT2D eigenvalue weighted by Crippen LogP contribution is 2.63. The van der Waals surface area contributed by atoms with Gasteiger partial charge >= 0.3 is 0 Å². The standard InChI is InChI=1S/C18H23NO/c1-11(2)6-7-19-15-8-12-4-5-13(20)9-14(12)18(3)10-16(19)17(15)18/h4-6,9,15-17,20H,7-8,10H2,1-3H3/t15-,16?,17-,18+/m1/s1. The molecule has 1 aromatic rings. The van der Waals surface area contributed by atoms with Crippen molar-refractivity contribution in [2.75, 3.05) is 6.54 Å². The molecule has 4 rings (SSSR count). The van der Waals surface area contributed by atoms with Crippen LogP contribution in [0.4, 0.5) is 0 Å². The second-order valence-corrected chi connectivity index (χ2v) is 7.31. The summed E-state index contributed by atoms with van der Waals surface area (Å²) in [6.07, 6.45) is 4.77. The molecule has 106 valence electrons. The van der Waals surface area contributed by atoms with Gasteiger partial charge < -0.3 is 5.11 Å². The van der Waals surface area contributed by atoms with E-state index < -0.39 is 0 Å². The van der Waals surface area contributed by atoms with Crippen molar-refractivity contribution < 1.29 is 5.11 Å². The maximum Gasteiger partial charge on any atom is 0.115 e. The van der Waals surface area contributed by atoms with Crippen LogP contribution in [-0.4, -0.2) is 28.6 Å². The molecule has 1 aliphatic heterocycles. The molecule has 4 atom stereocenters. The van der Waals surface area contributed by atoms with E-state index in [4.69, 9.17) is 0 Å². The largest absolute Gasteiger partial charge is 0.508 e. The van der Waals surface area contributed by atoms with E-state index in [-0.39, 0.29) is 0 Å². The summed E-state index contributed by atoms with van der Waals surface area (Å²) in [6.45, 7) is 7.87. The van der Waals surface area contributed by atoms with Crippen LogP contribution in [0.1, 0.15) is 38.3 Å². The third kappa shape index (κ3) is 1.43. The van der Waals surface area contributed by atoms with Crippen molar-refractivity contribution in [2.24, 2.45) is 5.92 Å². The van der Waals surface area contributed by atoms with Crippen molar-refractivity contribution in [2.45, 2.75) is 51.1 Å². The zero-order chi connectivity index (χ0) is 14.1. The number of fused-ring (bicyclic) bond motifs is 2. The van der Waals surface area contributed by atoms with Gasteiger partial charge in [-0.05, 0) is 55.9 Å². The summed E-state index contributed by atoms with van der Waals surface area (Å²) in [4.78, 5) is 2.69. The number of aromatic hydroxyl groups is 1. The van der Waals surface area contributed by atoms with Gasteiger partial charge in [0.25, 0.3) is 0 Å². The van der Waals surface area contributed by atoms with E-state index in [1.54, 1.807) is 0 Å². The van der Waals surface area contributed by atoms with Crippen molar-refractivity contribution in [1.82, 2.24) is 4.90 Å². The molecule has 3 aliphatic rings. The lowest BCUT2D eigenvalue weighted by Crippen LogP contribution is -2.79. The van der Waals surface area contributed by atoms with Gasteiger partial charge in [-0.25, -0.2) is 0 Å². The first kappa shape index (κ1) is 12.5. The number of nitrogens with zero attached hydrogens (tertiary/aromatic N) is 1. The number of rotatable bonds is 2.